The van der Waals surface area contributed by atoms with Crippen LogP contribution in [0.1, 0.15) is 103 Å². The quantitative estimate of drug-likeness (QED) is 0.481. The van der Waals surface area contributed by atoms with Gasteiger partial charge in [0, 0.05) is 0 Å². The van der Waals surface area contributed by atoms with Crippen LogP contribution < -0.4 is 0 Å². The van der Waals surface area contributed by atoms with Crippen LogP contribution in [0.2, 0.25) is 0 Å². The minimum absolute atomic E-state index is 0.134. The Morgan fingerprint density at radius 1 is 0.733 bits per heavy atom. The molecule has 2 aromatic carbocycles. The molecule has 3 rings (SSSR count). The fourth-order valence-corrected chi connectivity index (χ4v) is 4.43. The van der Waals surface area contributed by atoms with E-state index in [-0.39, 0.29) is 16.2 Å². The van der Waals surface area contributed by atoms with Crippen molar-refractivity contribution in [3.05, 3.63) is 63.7 Å². The molecule has 0 fully saturated rings. The number of benzene rings is 2. The topological polar surface area (TPSA) is 0 Å². The van der Waals surface area contributed by atoms with Crippen molar-refractivity contribution in [3.8, 4) is 11.1 Å². The zero-order valence-electron chi connectivity index (χ0n) is 21.1. The minimum Gasteiger partial charge on any atom is -0.0655 e. The van der Waals surface area contributed by atoms with Gasteiger partial charge in [0.15, 0.2) is 0 Å². The maximum Gasteiger partial charge on any atom is -0.00518 e. The number of hydrogen-bond acceptors (Lipinski definition) is 0. The van der Waals surface area contributed by atoms with E-state index in [0.717, 1.165) is 19.3 Å². The number of fused-ring (bicyclic) bond motifs is 1. The molecule has 2 aromatic rings. The second-order valence-corrected chi connectivity index (χ2v) is 12.6. The Morgan fingerprint density at radius 2 is 1.30 bits per heavy atom. The first kappa shape index (κ1) is 22.9. The summed E-state index contributed by atoms with van der Waals surface area (Å²) in [6.07, 6.45) is 5.79. The highest BCUT2D eigenvalue weighted by Gasteiger charge is 2.24. The van der Waals surface area contributed by atoms with Gasteiger partial charge < -0.3 is 0 Å². The summed E-state index contributed by atoms with van der Waals surface area (Å²) in [6, 6.07) is 12.3. The molecule has 0 radical (unpaired) electrons. The highest BCUT2D eigenvalue weighted by atomic mass is 14.3. The molecular formula is C30H42. The Balaban J connectivity index is 2.25. The Bertz CT molecular complexity index is 931. The van der Waals surface area contributed by atoms with Crippen molar-refractivity contribution in [2.24, 2.45) is 5.41 Å². The molecule has 30 heavy (non-hydrogen) atoms. The Morgan fingerprint density at radius 3 is 1.77 bits per heavy atom. The van der Waals surface area contributed by atoms with Crippen LogP contribution in [0.5, 0.6) is 0 Å². The average Bonchev–Trinajstić information content (AvgIpc) is 3.00. The Hall–Kier alpha value is -1.82. The van der Waals surface area contributed by atoms with Crippen LogP contribution in [0, 0.1) is 5.41 Å². The van der Waals surface area contributed by atoms with Crippen LogP contribution in [-0.2, 0) is 23.7 Å². The van der Waals surface area contributed by atoms with E-state index in [4.69, 9.17) is 0 Å². The van der Waals surface area contributed by atoms with Crippen molar-refractivity contribution in [3.63, 3.8) is 0 Å². The number of allylic oxidation sites excluding steroid dienone is 1. The number of rotatable bonds is 3. The Labute approximate surface area is 185 Å². The van der Waals surface area contributed by atoms with E-state index in [1.165, 1.54) is 38.9 Å². The summed E-state index contributed by atoms with van der Waals surface area (Å²) in [5.74, 6) is 0. The van der Waals surface area contributed by atoms with Crippen LogP contribution in [0.25, 0.3) is 17.2 Å². The van der Waals surface area contributed by atoms with Gasteiger partial charge in [0.25, 0.3) is 0 Å². The lowest BCUT2D eigenvalue weighted by atomic mass is 9.78. The van der Waals surface area contributed by atoms with E-state index in [2.05, 4.69) is 106 Å². The van der Waals surface area contributed by atoms with Crippen molar-refractivity contribution in [2.45, 2.75) is 99.3 Å². The SMILES string of the molecule is CCC1=Cc2cc(CC(C)(C)C)cc(-c3cc(C(C)(C)C)cc(C(C)(C)C)c3)c2C1. The molecule has 0 saturated carbocycles. The van der Waals surface area contributed by atoms with Crippen molar-refractivity contribution < 1.29 is 0 Å². The summed E-state index contributed by atoms with van der Waals surface area (Å²) in [5, 5.41) is 0. The second-order valence-electron chi connectivity index (χ2n) is 12.6. The monoisotopic (exact) mass is 402 g/mol. The van der Waals surface area contributed by atoms with E-state index in [1.807, 2.05) is 0 Å². The van der Waals surface area contributed by atoms with Gasteiger partial charge in [-0.3, -0.25) is 0 Å². The van der Waals surface area contributed by atoms with E-state index in [0.29, 0.717) is 0 Å². The predicted molar refractivity (Wildman–Crippen MR) is 134 cm³/mol. The van der Waals surface area contributed by atoms with Crippen LogP contribution in [-0.4, -0.2) is 0 Å². The lowest BCUT2D eigenvalue weighted by Gasteiger charge is -2.27. The summed E-state index contributed by atoms with van der Waals surface area (Å²) in [7, 11) is 0. The normalized spacial score (nSPS) is 14.7. The zero-order valence-corrected chi connectivity index (χ0v) is 21.1. The largest absolute Gasteiger partial charge is 0.0655 e. The molecule has 0 atom stereocenters. The molecule has 0 saturated heterocycles. The van der Waals surface area contributed by atoms with Gasteiger partial charge in [0.1, 0.15) is 0 Å². The average molecular weight is 403 g/mol. The third-order valence-electron chi connectivity index (χ3n) is 6.27. The third-order valence-corrected chi connectivity index (χ3v) is 6.27. The van der Waals surface area contributed by atoms with Gasteiger partial charge in [-0.1, -0.05) is 111 Å². The molecule has 0 spiro atoms. The predicted octanol–water partition coefficient (Wildman–Crippen LogP) is 8.89. The molecular weight excluding hydrogens is 360 g/mol. The van der Waals surface area contributed by atoms with Gasteiger partial charge in [0.05, 0.1) is 0 Å². The fourth-order valence-electron chi connectivity index (χ4n) is 4.43. The third kappa shape index (κ3) is 5.08. The maximum absolute atomic E-state index is 2.49. The second kappa shape index (κ2) is 7.70. The summed E-state index contributed by atoms with van der Waals surface area (Å²) in [6.45, 7) is 23.3. The van der Waals surface area contributed by atoms with Crippen LogP contribution in [0.4, 0.5) is 0 Å². The highest BCUT2D eigenvalue weighted by molar-refractivity contribution is 5.79. The van der Waals surface area contributed by atoms with E-state index < -0.39 is 0 Å². The molecule has 1 aliphatic carbocycles. The molecule has 1 aliphatic rings. The lowest BCUT2D eigenvalue weighted by molar-refractivity contribution is 0.411. The van der Waals surface area contributed by atoms with E-state index in [1.54, 1.807) is 5.57 Å². The summed E-state index contributed by atoms with van der Waals surface area (Å²) >= 11 is 0. The van der Waals surface area contributed by atoms with E-state index in [9.17, 15) is 0 Å². The first-order valence-corrected chi connectivity index (χ1v) is 11.7. The molecule has 0 N–H and O–H groups in total. The number of hydrogen-bond donors (Lipinski definition) is 0. The smallest absolute Gasteiger partial charge is 0.00518 e. The Kier molecular flexibility index (Phi) is 5.87. The molecule has 0 aromatic heterocycles. The van der Waals surface area contributed by atoms with Crippen molar-refractivity contribution in [2.75, 3.05) is 0 Å². The molecule has 0 heteroatoms. The van der Waals surface area contributed by atoms with Gasteiger partial charge in [-0.2, -0.15) is 0 Å². The van der Waals surface area contributed by atoms with Gasteiger partial charge in [0.2, 0.25) is 0 Å². The summed E-state index contributed by atoms with van der Waals surface area (Å²) in [4.78, 5) is 0. The van der Waals surface area contributed by atoms with Gasteiger partial charge in [-0.25, -0.2) is 0 Å². The van der Waals surface area contributed by atoms with Crippen LogP contribution in [0.15, 0.2) is 35.9 Å². The van der Waals surface area contributed by atoms with Crippen molar-refractivity contribution >= 4 is 6.08 Å². The standard InChI is InChI=1S/C30H42/c1-11-20-12-22-13-21(19-28(2,3)4)15-27(26(22)14-20)23-16-24(29(5,6)7)18-25(17-23)30(8,9)10/h12-13,15-18H,11,14,19H2,1-10H3. The van der Waals surface area contributed by atoms with Crippen LogP contribution >= 0.6 is 0 Å². The molecule has 0 heterocycles. The molecule has 0 unspecified atom stereocenters. The molecule has 0 bridgehead atoms. The van der Waals surface area contributed by atoms with Gasteiger partial charge in [-0.05, 0) is 74.5 Å². The molecule has 0 aliphatic heterocycles. The van der Waals surface area contributed by atoms with E-state index >= 15 is 0 Å². The van der Waals surface area contributed by atoms with Crippen molar-refractivity contribution in [1.82, 2.24) is 0 Å². The lowest BCUT2D eigenvalue weighted by Crippen LogP contribution is -2.16. The first-order chi connectivity index (χ1) is 13.7. The molecule has 162 valence electrons. The minimum atomic E-state index is 0.134. The maximum atomic E-state index is 2.49. The van der Waals surface area contributed by atoms with Crippen LogP contribution in [0.3, 0.4) is 0 Å². The molecule has 0 nitrogen and oxygen atoms in total. The first-order valence-electron chi connectivity index (χ1n) is 11.7. The summed E-state index contributed by atoms with van der Waals surface area (Å²) in [5.41, 5.74) is 12.2. The fraction of sp³-hybridized carbons (Fsp3) is 0.533. The zero-order chi connectivity index (χ0) is 22.5. The van der Waals surface area contributed by atoms with Gasteiger partial charge >= 0.3 is 0 Å². The van der Waals surface area contributed by atoms with Gasteiger partial charge in [-0.15, -0.1) is 0 Å². The summed E-state index contributed by atoms with van der Waals surface area (Å²) < 4.78 is 0. The molecule has 0 amide bonds. The van der Waals surface area contributed by atoms with Crippen molar-refractivity contribution in [1.29, 1.82) is 0 Å². The highest BCUT2D eigenvalue weighted by Crippen LogP contribution is 2.40.